The van der Waals surface area contributed by atoms with E-state index in [2.05, 4.69) is 5.32 Å². The Morgan fingerprint density at radius 3 is 2.52 bits per heavy atom. The summed E-state index contributed by atoms with van der Waals surface area (Å²) in [4.78, 5) is 27.5. The first kappa shape index (κ1) is 25.4. The van der Waals surface area contributed by atoms with Gasteiger partial charge in [0.1, 0.15) is 11.8 Å². The van der Waals surface area contributed by atoms with E-state index in [1.165, 1.54) is 11.8 Å². The minimum Gasteiger partial charge on any atom is -0.497 e. The molecule has 0 spiro atoms. The van der Waals surface area contributed by atoms with Gasteiger partial charge in [-0.05, 0) is 48.7 Å². The number of ether oxygens (including phenoxy) is 1. The van der Waals surface area contributed by atoms with Crippen molar-refractivity contribution in [2.24, 2.45) is 0 Å². The van der Waals surface area contributed by atoms with Gasteiger partial charge in [0.2, 0.25) is 11.8 Å². The molecule has 2 aromatic carbocycles. The van der Waals surface area contributed by atoms with Crippen molar-refractivity contribution in [2.45, 2.75) is 38.6 Å². The van der Waals surface area contributed by atoms with E-state index in [9.17, 15) is 9.59 Å². The maximum absolute atomic E-state index is 13.2. The van der Waals surface area contributed by atoms with Crippen molar-refractivity contribution in [1.82, 2.24) is 10.2 Å². The molecule has 0 aromatic heterocycles. The van der Waals surface area contributed by atoms with Crippen LogP contribution in [0.5, 0.6) is 5.75 Å². The van der Waals surface area contributed by atoms with Crippen LogP contribution in [0.2, 0.25) is 10.0 Å². The van der Waals surface area contributed by atoms with Crippen molar-refractivity contribution in [2.75, 3.05) is 19.4 Å². The van der Waals surface area contributed by atoms with Crippen molar-refractivity contribution in [3.8, 4) is 5.75 Å². The topological polar surface area (TPSA) is 58.6 Å². The molecule has 1 atom stereocenters. The van der Waals surface area contributed by atoms with Crippen LogP contribution in [0.25, 0.3) is 0 Å². The number of carbonyl (C=O) groups excluding carboxylic acids is 2. The van der Waals surface area contributed by atoms with Crippen molar-refractivity contribution in [3.63, 3.8) is 0 Å². The molecule has 1 N–H and O–H groups in total. The zero-order valence-corrected chi connectivity index (χ0v) is 20.3. The SMILES string of the molecule is CCNC(=O)[C@@H](CC)N(Cc1cccc(OC)c1)C(=O)CSCc1ccc(Cl)c(Cl)c1. The van der Waals surface area contributed by atoms with Gasteiger partial charge in [0, 0.05) is 18.8 Å². The van der Waals surface area contributed by atoms with Gasteiger partial charge in [0.25, 0.3) is 0 Å². The van der Waals surface area contributed by atoms with Crippen molar-refractivity contribution in [1.29, 1.82) is 0 Å². The number of amides is 2. The van der Waals surface area contributed by atoms with Gasteiger partial charge in [-0.2, -0.15) is 0 Å². The van der Waals surface area contributed by atoms with Crippen LogP contribution in [-0.2, 0) is 21.9 Å². The predicted molar refractivity (Wildman–Crippen MR) is 129 cm³/mol. The Balaban J connectivity index is 2.13. The highest BCUT2D eigenvalue weighted by Gasteiger charge is 2.28. The summed E-state index contributed by atoms with van der Waals surface area (Å²) in [7, 11) is 1.60. The van der Waals surface area contributed by atoms with Gasteiger partial charge in [-0.15, -0.1) is 11.8 Å². The fraction of sp³-hybridized carbons (Fsp3) is 0.391. The van der Waals surface area contributed by atoms with E-state index in [4.69, 9.17) is 27.9 Å². The van der Waals surface area contributed by atoms with E-state index in [1.807, 2.05) is 44.2 Å². The third-order valence-electron chi connectivity index (χ3n) is 4.70. The lowest BCUT2D eigenvalue weighted by atomic mass is 10.1. The van der Waals surface area contributed by atoms with E-state index < -0.39 is 6.04 Å². The van der Waals surface area contributed by atoms with Crippen molar-refractivity contribution in [3.05, 3.63) is 63.6 Å². The second-order valence-corrected chi connectivity index (χ2v) is 8.73. The Labute approximate surface area is 198 Å². The maximum atomic E-state index is 13.2. The van der Waals surface area contributed by atoms with Gasteiger partial charge in [-0.1, -0.05) is 48.3 Å². The molecule has 0 aliphatic rings. The number of likely N-dealkylation sites (N-methyl/N-ethyl adjacent to an activating group) is 1. The van der Waals surface area contributed by atoms with E-state index >= 15 is 0 Å². The van der Waals surface area contributed by atoms with Crippen molar-refractivity contribution >= 4 is 46.8 Å². The smallest absolute Gasteiger partial charge is 0.242 e. The van der Waals surface area contributed by atoms with Crippen molar-refractivity contribution < 1.29 is 14.3 Å². The van der Waals surface area contributed by atoms with E-state index in [0.717, 1.165) is 11.1 Å². The van der Waals surface area contributed by atoms with Gasteiger partial charge in [-0.3, -0.25) is 9.59 Å². The normalized spacial score (nSPS) is 11.6. The number of benzene rings is 2. The van der Waals surface area contributed by atoms with Gasteiger partial charge in [0.15, 0.2) is 0 Å². The van der Waals surface area contributed by atoms with Crippen LogP contribution >= 0.6 is 35.0 Å². The molecule has 0 fully saturated rings. The molecule has 168 valence electrons. The second kappa shape index (κ2) is 12.8. The van der Waals surface area contributed by atoms with Crippen LogP contribution in [0, 0.1) is 0 Å². The molecule has 2 aromatic rings. The Hall–Kier alpha value is -1.89. The summed E-state index contributed by atoms with van der Waals surface area (Å²) in [5, 5.41) is 3.84. The molecule has 2 amide bonds. The number of hydrogen-bond donors (Lipinski definition) is 1. The first-order chi connectivity index (χ1) is 14.9. The number of methoxy groups -OCH3 is 1. The fourth-order valence-corrected chi connectivity index (χ4v) is 4.33. The maximum Gasteiger partial charge on any atom is 0.242 e. The monoisotopic (exact) mass is 482 g/mol. The Bertz CT molecular complexity index is 895. The number of carbonyl (C=O) groups is 2. The molecule has 0 heterocycles. The Kier molecular flexibility index (Phi) is 10.5. The molecule has 0 aliphatic carbocycles. The molecule has 0 aliphatic heterocycles. The van der Waals surface area contributed by atoms with Gasteiger partial charge < -0.3 is 15.0 Å². The van der Waals surface area contributed by atoms with Crippen LogP contribution in [-0.4, -0.2) is 42.2 Å². The van der Waals surface area contributed by atoms with E-state index in [-0.39, 0.29) is 17.6 Å². The second-order valence-electron chi connectivity index (χ2n) is 6.93. The summed E-state index contributed by atoms with van der Waals surface area (Å²) >= 11 is 13.5. The summed E-state index contributed by atoms with van der Waals surface area (Å²) in [6, 6.07) is 12.4. The van der Waals surface area contributed by atoms with Crippen LogP contribution in [0.15, 0.2) is 42.5 Å². The van der Waals surface area contributed by atoms with E-state index in [0.29, 0.717) is 41.1 Å². The Morgan fingerprint density at radius 1 is 1.10 bits per heavy atom. The molecule has 0 unspecified atom stereocenters. The molecule has 5 nitrogen and oxygen atoms in total. The van der Waals surface area contributed by atoms with Gasteiger partial charge >= 0.3 is 0 Å². The molecule has 0 radical (unpaired) electrons. The number of rotatable bonds is 11. The van der Waals surface area contributed by atoms with Gasteiger partial charge in [0.05, 0.1) is 22.9 Å². The molecule has 0 saturated carbocycles. The third-order valence-corrected chi connectivity index (χ3v) is 6.43. The fourth-order valence-electron chi connectivity index (χ4n) is 3.15. The number of nitrogens with zero attached hydrogens (tertiary/aromatic N) is 1. The number of hydrogen-bond acceptors (Lipinski definition) is 4. The summed E-state index contributed by atoms with van der Waals surface area (Å²) in [5.41, 5.74) is 1.90. The lowest BCUT2D eigenvalue weighted by Crippen LogP contribution is -2.49. The Morgan fingerprint density at radius 2 is 1.87 bits per heavy atom. The minimum absolute atomic E-state index is 0.0917. The molecule has 0 saturated heterocycles. The largest absolute Gasteiger partial charge is 0.497 e. The molecule has 8 heteroatoms. The van der Waals surface area contributed by atoms with Crippen LogP contribution in [0.1, 0.15) is 31.4 Å². The first-order valence-corrected chi connectivity index (χ1v) is 12.0. The zero-order chi connectivity index (χ0) is 22.8. The molecular weight excluding hydrogens is 455 g/mol. The standard InChI is InChI=1S/C23H28Cl2N2O3S/c1-4-21(23(29)26-5-2)27(13-16-7-6-8-18(11-16)30-3)22(28)15-31-14-17-9-10-19(24)20(25)12-17/h6-12,21H,4-5,13-15H2,1-3H3,(H,26,29)/t21-/m1/s1. The van der Waals surface area contributed by atoms with Crippen LogP contribution < -0.4 is 10.1 Å². The lowest BCUT2D eigenvalue weighted by Gasteiger charge is -2.30. The molecule has 0 bridgehead atoms. The number of nitrogens with one attached hydrogen (secondary N) is 1. The minimum atomic E-state index is -0.538. The highest BCUT2D eigenvalue weighted by Crippen LogP contribution is 2.25. The molecular formula is C23H28Cl2N2O3S. The summed E-state index contributed by atoms with van der Waals surface area (Å²) < 4.78 is 5.29. The van der Waals surface area contributed by atoms with Crippen LogP contribution in [0.4, 0.5) is 0 Å². The summed E-state index contributed by atoms with van der Waals surface area (Å²) in [6.07, 6.45) is 0.527. The zero-order valence-electron chi connectivity index (χ0n) is 18.0. The van der Waals surface area contributed by atoms with Gasteiger partial charge in [-0.25, -0.2) is 0 Å². The highest BCUT2D eigenvalue weighted by molar-refractivity contribution is 7.99. The molecule has 31 heavy (non-hydrogen) atoms. The average molecular weight is 483 g/mol. The van der Waals surface area contributed by atoms with E-state index in [1.54, 1.807) is 24.1 Å². The number of thioether (sulfide) groups is 1. The number of halogens is 2. The average Bonchev–Trinajstić information content (AvgIpc) is 2.76. The predicted octanol–water partition coefficient (Wildman–Crippen LogP) is 5.18. The first-order valence-electron chi connectivity index (χ1n) is 10.1. The third kappa shape index (κ3) is 7.63. The lowest BCUT2D eigenvalue weighted by molar-refractivity contribution is -0.139. The summed E-state index contributed by atoms with van der Waals surface area (Å²) in [6.45, 7) is 4.63. The molecule has 2 rings (SSSR count). The summed E-state index contributed by atoms with van der Waals surface area (Å²) in [5.74, 6) is 1.35. The van der Waals surface area contributed by atoms with Crippen LogP contribution in [0.3, 0.4) is 0 Å². The quantitative estimate of drug-likeness (QED) is 0.479. The highest BCUT2D eigenvalue weighted by atomic mass is 35.5.